The van der Waals surface area contributed by atoms with Crippen molar-refractivity contribution in [2.75, 3.05) is 12.4 Å². The minimum atomic E-state index is -2.38. The molecule has 0 aromatic heterocycles. The van der Waals surface area contributed by atoms with Crippen molar-refractivity contribution in [3.63, 3.8) is 0 Å². The smallest absolute Gasteiger partial charge is 0.303 e. The predicted molar refractivity (Wildman–Crippen MR) is 105 cm³/mol. The lowest BCUT2D eigenvalue weighted by molar-refractivity contribution is -0.330. The van der Waals surface area contributed by atoms with Crippen LogP contribution < -0.4 is 0 Å². The summed E-state index contributed by atoms with van der Waals surface area (Å²) in [5.41, 5.74) is 0.700. The largest absolute Gasteiger partial charge is 0.463 e. The van der Waals surface area contributed by atoms with Crippen LogP contribution in [0.1, 0.15) is 32.4 Å². The van der Waals surface area contributed by atoms with E-state index in [-0.39, 0.29) is 5.75 Å². The molecule has 31 heavy (non-hydrogen) atoms. The van der Waals surface area contributed by atoms with Crippen LogP contribution in [0.2, 0.25) is 0 Å². The van der Waals surface area contributed by atoms with Crippen LogP contribution in [-0.2, 0) is 48.9 Å². The monoisotopic (exact) mass is 456 g/mol. The van der Waals surface area contributed by atoms with E-state index in [1.165, 1.54) is 0 Å². The molecule has 170 valence electrons. The highest BCUT2D eigenvalue weighted by molar-refractivity contribution is 7.86. The molecule has 0 aliphatic carbocycles. The fourth-order valence-corrected chi connectivity index (χ4v) is 5.05. The Morgan fingerprint density at radius 1 is 1.06 bits per heavy atom. The van der Waals surface area contributed by atoms with E-state index in [1.807, 2.05) is 0 Å². The Balaban J connectivity index is 1.99. The van der Waals surface area contributed by atoms with Crippen LogP contribution >= 0.6 is 0 Å². The Hall–Kier alpha value is -2.34. The lowest BCUT2D eigenvalue weighted by Crippen LogP contribution is -2.71. The zero-order valence-electron chi connectivity index (χ0n) is 17.2. The Bertz CT molecular complexity index is 859. The standard InChI is InChI=1S/C20H24O10S/c1-11(21)26-9-15-17(27-12(2)22)18(28-13(3)23)19-20(24,30-15)31(25)10-16(29-19)14-7-5-4-6-8-14/h4-8,15-19,24H,9-10H2,1-3H3/t15-,16-,17+,18+,19-,20+,31?/m1/s1. The number of hydrogen-bond donors (Lipinski definition) is 1. The van der Waals surface area contributed by atoms with Gasteiger partial charge in [-0.1, -0.05) is 30.3 Å². The van der Waals surface area contributed by atoms with Gasteiger partial charge in [-0.25, -0.2) is 0 Å². The van der Waals surface area contributed by atoms with Crippen LogP contribution in [0.3, 0.4) is 0 Å². The van der Waals surface area contributed by atoms with E-state index >= 15 is 0 Å². The number of carbonyl (C=O) groups is 3. The number of benzene rings is 1. The summed E-state index contributed by atoms with van der Waals surface area (Å²) < 4.78 is 40.3. The maximum absolute atomic E-state index is 13.1. The van der Waals surface area contributed by atoms with Gasteiger partial charge in [-0.05, 0) is 5.56 Å². The maximum Gasteiger partial charge on any atom is 0.303 e. The third-order valence-corrected chi connectivity index (χ3v) is 6.42. The molecule has 7 atom stereocenters. The molecule has 0 spiro atoms. The molecule has 0 radical (unpaired) electrons. The van der Waals surface area contributed by atoms with Crippen molar-refractivity contribution in [3.8, 4) is 0 Å². The Morgan fingerprint density at radius 3 is 2.26 bits per heavy atom. The average molecular weight is 456 g/mol. The van der Waals surface area contributed by atoms with Crippen molar-refractivity contribution in [2.24, 2.45) is 0 Å². The first-order chi connectivity index (χ1) is 14.6. The van der Waals surface area contributed by atoms with Gasteiger partial charge in [-0.3, -0.25) is 18.6 Å². The van der Waals surface area contributed by atoms with Crippen LogP contribution in [0.25, 0.3) is 0 Å². The van der Waals surface area contributed by atoms with E-state index in [2.05, 4.69) is 0 Å². The van der Waals surface area contributed by atoms with Gasteiger partial charge >= 0.3 is 17.9 Å². The summed E-state index contributed by atoms with van der Waals surface area (Å²) in [6.07, 6.45) is -6.03. The second-order valence-electron chi connectivity index (χ2n) is 7.21. The van der Waals surface area contributed by atoms with E-state index in [0.717, 1.165) is 20.8 Å². The van der Waals surface area contributed by atoms with Gasteiger partial charge in [0, 0.05) is 20.8 Å². The van der Waals surface area contributed by atoms with Gasteiger partial charge in [0.1, 0.15) is 12.7 Å². The SMILES string of the molecule is CC(=O)OC[C@H]1O[C@@]2(O)[C@H](O[C@@H](c3ccccc3)CS2=O)[C@@H](OC(C)=O)[C@H]1OC(C)=O. The summed E-state index contributed by atoms with van der Waals surface area (Å²) in [4.78, 5) is 34.8. The zero-order valence-corrected chi connectivity index (χ0v) is 18.0. The summed E-state index contributed by atoms with van der Waals surface area (Å²) >= 11 is 0. The van der Waals surface area contributed by atoms with Gasteiger partial charge in [0.25, 0.3) is 5.12 Å². The van der Waals surface area contributed by atoms with Crippen LogP contribution in [0.5, 0.6) is 0 Å². The van der Waals surface area contributed by atoms with Crippen LogP contribution in [0.15, 0.2) is 30.3 Å². The molecule has 0 bridgehead atoms. The topological polar surface area (TPSA) is 135 Å². The molecule has 11 heteroatoms. The summed E-state index contributed by atoms with van der Waals surface area (Å²) in [6, 6.07) is 8.90. The fraction of sp³-hybridized carbons (Fsp3) is 0.550. The minimum absolute atomic E-state index is 0.0949. The van der Waals surface area contributed by atoms with Crippen LogP contribution in [0, 0.1) is 0 Å². The molecule has 2 saturated heterocycles. The molecule has 0 saturated carbocycles. The molecule has 3 rings (SSSR count). The first kappa shape index (κ1) is 23.3. The first-order valence-electron chi connectivity index (χ1n) is 9.58. The molecule has 1 aromatic carbocycles. The Morgan fingerprint density at radius 2 is 1.68 bits per heavy atom. The highest BCUT2D eigenvalue weighted by atomic mass is 32.2. The molecule has 2 fully saturated rings. The number of esters is 3. The molecule has 2 aliphatic rings. The van der Waals surface area contributed by atoms with Crippen molar-refractivity contribution >= 4 is 28.7 Å². The van der Waals surface area contributed by atoms with Crippen molar-refractivity contribution in [1.29, 1.82) is 0 Å². The van der Waals surface area contributed by atoms with Gasteiger partial charge in [0.2, 0.25) is 0 Å². The van der Waals surface area contributed by atoms with Gasteiger partial charge in [-0.15, -0.1) is 0 Å². The number of rotatable bonds is 5. The molecule has 0 amide bonds. The highest BCUT2D eigenvalue weighted by Crippen LogP contribution is 2.43. The van der Waals surface area contributed by atoms with Crippen molar-refractivity contribution in [2.45, 2.75) is 56.4 Å². The summed E-state index contributed by atoms with van der Waals surface area (Å²) in [6.45, 7) is 3.01. The normalized spacial score (nSPS) is 34.8. The van der Waals surface area contributed by atoms with Crippen LogP contribution in [0.4, 0.5) is 0 Å². The number of fused-ring (bicyclic) bond motifs is 1. The maximum atomic E-state index is 13.1. The number of ether oxygens (including phenoxy) is 5. The molecular weight excluding hydrogens is 432 g/mol. The molecule has 2 aliphatic heterocycles. The lowest BCUT2D eigenvalue weighted by atomic mass is 9.97. The molecule has 10 nitrogen and oxygen atoms in total. The third-order valence-electron chi connectivity index (χ3n) is 4.83. The summed E-state index contributed by atoms with van der Waals surface area (Å²) in [5.74, 6) is -2.20. The van der Waals surface area contributed by atoms with Gasteiger partial charge in [0.05, 0.1) is 22.7 Å². The van der Waals surface area contributed by atoms with E-state index < -0.39 is 71.0 Å². The van der Waals surface area contributed by atoms with Crippen molar-refractivity contribution in [3.05, 3.63) is 35.9 Å². The fourth-order valence-electron chi connectivity index (χ4n) is 3.59. The number of hydrogen-bond acceptors (Lipinski definition) is 10. The van der Waals surface area contributed by atoms with Gasteiger partial charge < -0.3 is 28.8 Å². The summed E-state index contributed by atoms with van der Waals surface area (Å²) in [7, 11) is -2.01. The van der Waals surface area contributed by atoms with E-state index in [9.17, 15) is 23.7 Å². The van der Waals surface area contributed by atoms with E-state index in [1.54, 1.807) is 30.3 Å². The average Bonchev–Trinajstić information content (AvgIpc) is 2.69. The Labute approximate surface area is 181 Å². The molecule has 1 N–H and O–H groups in total. The summed E-state index contributed by atoms with van der Waals surface area (Å²) in [5, 5.41) is 8.79. The highest BCUT2D eigenvalue weighted by Gasteiger charge is 2.64. The molecule has 1 unspecified atom stereocenters. The van der Waals surface area contributed by atoms with Gasteiger partial charge in [0.15, 0.2) is 18.3 Å². The number of carbonyl (C=O) groups excluding carboxylic acids is 3. The second-order valence-corrected chi connectivity index (χ2v) is 8.82. The molecule has 2 heterocycles. The molecule has 1 aromatic rings. The second kappa shape index (κ2) is 9.43. The van der Waals surface area contributed by atoms with Crippen LogP contribution in [-0.4, -0.2) is 69.1 Å². The molecular formula is C20H24O10S. The lowest BCUT2D eigenvalue weighted by Gasteiger charge is -2.51. The number of aliphatic hydroxyl groups is 1. The van der Waals surface area contributed by atoms with Gasteiger partial charge in [-0.2, -0.15) is 0 Å². The zero-order chi connectivity index (χ0) is 22.8. The Kier molecular flexibility index (Phi) is 7.10. The quantitative estimate of drug-likeness (QED) is 0.488. The van der Waals surface area contributed by atoms with Crippen molar-refractivity contribution in [1.82, 2.24) is 0 Å². The first-order valence-corrected chi connectivity index (χ1v) is 10.9. The predicted octanol–water partition coefficient (Wildman–Crippen LogP) is 0.347. The third kappa shape index (κ3) is 5.12. The van der Waals surface area contributed by atoms with Crippen molar-refractivity contribution < 1.29 is 47.4 Å². The van der Waals surface area contributed by atoms with E-state index in [4.69, 9.17) is 23.7 Å². The minimum Gasteiger partial charge on any atom is -0.463 e. The van der Waals surface area contributed by atoms with E-state index in [0.29, 0.717) is 5.56 Å².